The molecule has 0 saturated carbocycles. The number of carbonyl (C=O) groups is 2. The first-order chi connectivity index (χ1) is 12.7. The summed E-state index contributed by atoms with van der Waals surface area (Å²) in [6.45, 7) is 0.879. The van der Waals surface area contributed by atoms with Gasteiger partial charge in [-0.3, -0.25) is 4.79 Å². The quantitative estimate of drug-likeness (QED) is 0.890. The third-order valence-electron chi connectivity index (χ3n) is 4.69. The fourth-order valence-electron chi connectivity index (χ4n) is 3.40. The number of hydrogen-bond acceptors (Lipinski definition) is 3. The highest BCUT2D eigenvalue weighted by Crippen LogP contribution is 2.33. The zero-order valence-corrected chi connectivity index (χ0v) is 14.4. The number of amides is 3. The highest BCUT2D eigenvalue weighted by Gasteiger charge is 2.40. The number of nitrogens with zero attached hydrogens (tertiary/aromatic N) is 1. The standard InChI is InChI=1S/C20H19N3O3/c1-26-15-9-7-13(8-10-15)11-23-12-16-17(19(23)24)18(22-20(25)21-16)14-5-3-2-4-6-14/h2-10,18H,11-12H2,1H3,(H2,21,22,25). The van der Waals surface area contributed by atoms with E-state index in [0.29, 0.717) is 24.4 Å². The Hall–Kier alpha value is -3.28. The van der Waals surface area contributed by atoms with Crippen molar-refractivity contribution in [2.45, 2.75) is 12.6 Å². The summed E-state index contributed by atoms with van der Waals surface area (Å²) < 4.78 is 5.17. The average Bonchev–Trinajstić information content (AvgIpc) is 2.97. The third kappa shape index (κ3) is 2.90. The molecule has 6 nitrogen and oxygen atoms in total. The van der Waals surface area contributed by atoms with Gasteiger partial charge >= 0.3 is 6.03 Å². The van der Waals surface area contributed by atoms with Crippen LogP contribution < -0.4 is 15.4 Å². The predicted octanol–water partition coefficient (Wildman–Crippen LogP) is 2.35. The van der Waals surface area contributed by atoms with Crippen molar-refractivity contribution in [3.8, 4) is 5.75 Å². The number of carbonyl (C=O) groups excluding carboxylic acids is 2. The smallest absolute Gasteiger partial charge is 0.319 e. The average molecular weight is 349 g/mol. The third-order valence-corrected chi connectivity index (χ3v) is 4.69. The Bertz CT molecular complexity index is 875. The van der Waals surface area contributed by atoms with Crippen molar-refractivity contribution >= 4 is 11.9 Å². The maximum atomic E-state index is 13.0. The summed E-state index contributed by atoms with van der Waals surface area (Å²) in [6, 6.07) is 16.5. The highest BCUT2D eigenvalue weighted by atomic mass is 16.5. The van der Waals surface area contributed by atoms with Crippen LogP contribution in [-0.4, -0.2) is 30.5 Å². The lowest BCUT2D eigenvalue weighted by Gasteiger charge is -2.25. The van der Waals surface area contributed by atoms with E-state index in [1.807, 2.05) is 54.6 Å². The molecular weight excluding hydrogens is 330 g/mol. The van der Waals surface area contributed by atoms with E-state index >= 15 is 0 Å². The lowest BCUT2D eigenvalue weighted by molar-refractivity contribution is -0.126. The van der Waals surface area contributed by atoms with Crippen LogP contribution in [0.5, 0.6) is 5.75 Å². The van der Waals surface area contributed by atoms with Crippen LogP contribution in [0.1, 0.15) is 17.2 Å². The van der Waals surface area contributed by atoms with Crippen LogP contribution in [0.25, 0.3) is 0 Å². The Morgan fingerprint density at radius 3 is 2.50 bits per heavy atom. The van der Waals surface area contributed by atoms with Gasteiger partial charge in [-0.15, -0.1) is 0 Å². The molecule has 2 aromatic carbocycles. The Morgan fingerprint density at radius 1 is 1.08 bits per heavy atom. The zero-order chi connectivity index (χ0) is 18.1. The van der Waals surface area contributed by atoms with Gasteiger partial charge in [-0.05, 0) is 23.3 Å². The zero-order valence-electron chi connectivity index (χ0n) is 14.4. The Labute approximate surface area is 151 Å². The van der Waals surface area contributed by atoms with E-state index in [9.17, 15) is 9.59 Å². The summed E-state index contributed by atoms with van der Waals surface area (Å²) in [7, 11) is 1.62. The Balaban J connectivity index is 1.58. The van der Waals surface area contributed by atoms with E-state index < -0.39 is 6.04 Å². The normalized spacial score (nSPS) is 19.1. The second-order valence-electron chi connectivity index (χ2n) is 6.34. The van der Waals surface area contributed by atoms with Crippen molar-refractivity contribution in [3.63, 3.8) is 0 Å². The number of ether oxygens (including phenoxy) is 1. The van der Waals surface area contributed by atoms with E-state index in [1.54, 1.807) is 12.0 Å². The van der Waals surface area contributed by atoms with Gasteiger partial charge in [0.05, 0.1) is 31.0 Å². The molecule has 2 heterocycles. The molecule has 2 aliphatic heterocycles. The van der Waals surface area contributed by atoms with Gasteiger partial charge in [0.1, 0.15) is 5.75 Å². The van der Waals surface area contributed by atoms with Crippen molar-refractivity contribution < 1.29 is 14.3 Å². The molecule has 3 amide bonds. The van der Waals surface area contributed by atoms with Crippen LogP contribution in [0.2, 0.25) is 0 Å². The molecule has 0 radical (unpaired) electrons. The second-order valence-corrected chi connectivity index (χ2v) is 6.34. The minimum absolute atomic E-state index is 0.0582. The number of methoxy groups -OCH3 is 1. The number of nitrogens with one attached hydrogen (secondary N) is 2. The van der Waals surface area contributed by atoms with Gasteiger partial charge in [0.15, 0.2) is 0 Å². The summed E-state index contributed by atoms with van der Waals surface area (Å²) >= 11 is 0. The molecular formula is C20H19N3O3. The molecule has 6 heteroatoms. The summed E-state index contributed by atoms with van der Waals surface area (Å²) in [5, 5.41) is 5.65. The summed E-state index contributed by atoms with van der Waals surface area (Å²) in [4.78, 5) is 26.8. The Morgan fingerprint density at radius 2 is 1.81 bits per heavy atom. The molecule has 2 aliphatic rings. The first kappa shape index (κ1) is 16.2. The van der Waals surface area contributed by atoms with Crippen molar-refractivity contribution in [1.29, 1.82) is 0 Å². The van der Waals surface area contributed by atoms with Crippen LogP contribution in [-0.2, 0) is 11.3 Å². The molecule has 4 rings (SSSR count). The second kappa shape index (κ2) is 6.55. The maximum Gasteiger partial charge on any atom is 0.319 e. The van der Waals surface area contributed by atoms with E-state index in [1.165, 1.54) is 0 Å². The minimum atomic E-state index is -0.423. The van der Waals surface area contributed by atoms with Gasteiger partial charge in [0.25, 0.3) is 5.91 Å². The van der Waals surface area contributed by atoms with Gasteiger partial charge in [-0.2, -0.15) is 0 Å². The minimum Gasteiger partial charge on any atom is -0.497 e. The molecule has 1 atom stereocenters. The molecule has 0 bridgehead atoms. The van der Waals surface area contributed by atoms with Crippen molar-refractivity contribution in [2.24, 2.45) is 0 Å². The molecule has 0 aromatic heterocycles. The molecule has 0 fully saturated rings. The van der Waals surface area contributed by atoms with Gasteiger partial charge in [-0.1, -0.05) is 42.5 Å². The summed E-state index contributed by atoms with van der Waals surface area (Å²) in [6.07, 6.45) is 0. The highest BCUT2D eigenvalue weighted by molar-refractivity contribution is 6.01. The van der Waals surface area contributed by atoms with Crippen molar-refractivity contribution in [2.75, 3.05) is 13.7 Å². The fourth-order valence-corrected chi connectivity index (χ4v) is 3.40. The molecule has 26 heavy (non-hydrogen) atoms. The van der Waals surface area contributed by atoms with Gasteiger partial charge < -0.3 is 20.3 Å². The topological polar surface area (TPSA) is 70.7 Å². The number of urea groups is 1. The molecule has 0 saturated heterocycles. The molecule has 0 aliphatic carbocycles. The first-order valence-electron chi connectivity index (χ1n) is 8.43. The van der Waals surface area contributed by atoms with Crippen LogP contribution in [0.3, 0.4) is 0 Å². The molecule has 2 aromatic rings. The monoisotopic (exact) mass is 349 g/mol. The molecule has 2 N–H and O–H groups in total. The Kier molecular flexibility index (Phi) is 4.08. The van der Waals surface area contributed by atoms with E-state index in [2.05, 4.69) is 10.6 Å². The molecule has 132 valence electrons. The van der Waals surface area contributed by atoms with Gasteiger partial charge in [-0.25, -0.2) is 4.79 Å². The van der Waals surface area contributed by atoms with Crippen molar-refractivity contribution in [1.82, 2.24) is 15.5 Å². The van der Waals surface area contributed by atoms with Crippen LogP contribution in [0.4, 0.5) is 4.79 Å². The molecule has 1 unspecified atom stereocenters. The first-order valence-corrected chi connectivity index (χ1v) is 8.43. The predicted molar refractivity (Wildman–Crippen MR) is 96.3 cm³/mol. The van der Waals surface area contributed by atoms with Gasteiger partial charge in [0, 0.05) is 6.54 Å². The van der Waals surface area contributed by atoms with Crippen LogP contribution in [0.15, 0.2) is 65.9 Å². The fraction of sp³-hybridized carbons (Fsp3) is 0.200. The maximum absolute atomic E-state index is 13.0. The van der Waals surface area contributed by atoms with Crippen LogP contribution in [0, 0.1) is 0 Å². The number of benzene rings is 2. The summed E-state index contributed by atoms with van der Waals surface area (Å²) in [5.74, 6) is 0.719. The van der Waals surface area contributed by atoms with Gasteiger partial charge in [0.2, 0.25) is 0 Å². The summed E-state index contributed by atoms with van der Waals surface area (Å²) in [5.41, 5.74) is 3.20. The van der Waals surface area contributed by atoms with Crippen molar-refractivity contribution in [3.05, 3.63) is 77.0 Å². The number of hydrogen-bond donors (Lipinski definition) is 2. The SMILES string of the molecule is COc1ccc(CN2CC3=C(C2=O)C(c2ccccc2)NC(=O)N3)cc1. The lowest BCUT2D eigenvalue weighted by Crippen LogP contribution is -2.44. The lowest BCUT2D eigenvalue weighted by atomic mass is 9.96. The molecule has 0 spiro atoms. The van der Waals surface area contributed by atoms with E-state index in [4.69, 9.17) is 4.74 Å². The van der Waals surface area contributed by atoms with E-state index in [-0.39, 0.29) is 11.9 Å². The van der Waals surface area contributed by atoms with Crippen LogP contribution >= 0.6 is 0 Å². The number of rotatable bonds is 4. The van der Waals surface area contributed by atoms with E-state index in [0.717, 1.165) is 16.9 Å². The largest absolute Gasteiger partial charge is 0.497 e.